The van der Waals surface area contributed by atoms with Crippen molar-refractivity contribution in [3.8, 4) is 5.75 Å². The second-order valence-electron chi connectivity index (χ2n) is 4.86. The summed E-state index contributed by atoms with van der Waals surface area (Å²) in [6, 6.07) is 14.4. The van der Waals surface area contributed by atoms with Crippen LogP contribution in [0.2, 0.25) is 0 Å². The number of nitrogens with one attached hydrogen (secondary N) is 1. The van der Waals surface area contributed by atoms with Crippen molar-refractivity contribution >= 4 is 22.5 Å². The molecule has 0 radical (unpaired) electrons. The van der Waals surface area contributed by atoms with Crippen molar-refractivity contribution in [3.63, 3.8) is 0 Å². The van der Waals surface area contributed by atoms with Crippen LogP contribution in [0.25, 0.3) is 10.8 Å². The van der Waals surface area contributed by atoms with E-state index in [9.17, 15) is 9.90 Å². The van der Waals surface area contributed by atoms with E-state index in [1.54, 1.807) is 24.4 Å². The Morgan fingerprint density at radius 2 is 1.95 bits per heavy atom. The third kappa shape index (κ3) is 2.56. The Bertz CT molecular complexity index is 828. The zero-order valence-corrected chi connectivity index (χ0v) is 11.5. The van der Waals surface area contributed by atoms with E-state index in [1.165, 1.54) is 0 Å². The number of pyridine rings is 1. The summed E-state index contributed by atoms with van der Waals surface area (Å²) in [7, 11) is 0. The lowest BCUT2D eigenvalue weighted by atomic mass is 10.0. The minimum atomic E-state index is -0.378. The van der Waals surface area contributed by atoms with Gasteiger partial charge in [0, 0.05) is 11.6 Å². The number of aryl methyl sites for hydroxylation is 1. The van der Waals surface area contributed by atoms with E-state index < -0.39 is 0 Å². The highest BCUT2D eigenvalue weighted by molar-refractivity contribution is 6.09. The van der Waals surface area contributed by atoms with Gasteiger partial charge < -0.3 is 10.4 Å². The van der Waals surface area contributed by atoms with E-state index in [0.717, 1.165) is 10.9 Å². The molecule has 3 aromatic rings. The van der Waals surface area contributed by atoms with Gasteiger partial charge in [-0.15, -0.1) is 0 Å². The van der Waals surface area contributed by atoms with Crippen LogP contribution in [0.4, 0.5) is 5.82 Å². The second-order valence-corrected chi connectivity index (χ2v) is 4.86. The standard InChI is InChI=1S/C17H14N2O2/c1-11-8-9-18-15(10-11)19-17(21)14-7-6-12-4-2-3-5-13(12)16(14)20/h2-10,20H,1H3,(H,18,19,21). The van der Waals surface area contributed by atoms with Crippen molar-refractivity contribution in [2.24, 2.45) is 0 Å². The van der Waals surface area contributed by atoms with E-state index in [1.807, 2.05) is 37.3 Å². The zero-order valence-electron chi connectivity index (χ0n) is 11.5. The molecule has 1 heterocycles. The predicted molar refractivity (Wildman–Crippen MR) is 82.5 cm³/mol. The van der Waals surface area contributed by atoms with Crippen molar-refractivity contribution < 1.29 is 9.90 Å². The second kappa shape index (κ2) is 5.25. The van der Waals surface area contributed by atoms with Crippen molar-refractivity contribution in [3.05, 3.63) is 65.9 Å². The first-order valence-electron chi connectivity index (χ1n) is 6.60. The molecular weight excluding hydrogens is 264 g/mol. The van der Waals surface area contributed by atoms with Gasteiger partial charge >= 0.3 is 0 Å². The molecular formula is C17H14N2O2. The number of nitrogens with zero attached hydrogens (tertiary/aromatic N) is 1. The summed E-state index contributed by atoms with van der Waals surface area (Å²) in [5.74, 6) is 0.0714. The van der Waals surface area contributed by atoms with Gasteiger partial charge in [-0.25, -0.2) is 4.98 Å². The third-order valence-electron chi connectivity index (χ3n) is 3.30. The smallest absolute Gasteiger partial charge is 0.260 e. The summed E-state index contributed by atoms with van der Waals surface area (Å²) >= 11 is 0. The first kappa shape index (κ1) is 13.1. The molecule has 2 N–H and O–H groups in total. The van der Waals surface area contributed by atoms with Gasteiger partial charge in [-0.05, 0) is 36.1 Å². The molecule has 4 heteroatoms. The lowest BCUT2D eigenvalue weighted by Gasteiger charge is -2.09. The molecule has 0 bridgehead atoms. The van der Waals surface area contributed by atoms with Crippen LogP contribution >= 0.6 is 0 Å². The number of phenolic OH excluding ortho intramolecular Hbond substituents is 1. The summed E-state index contributed by atoms with van der Waals surface area (Å²) in [5.41, 5.74) is 1.24. The molecule has 21 heavy (non-hydrogen) atoms. The Balaban J connectivity index is 1.96. The number of benzene rings is 2. The number of amides is 1. The van der Waals surface area contributed by atoms with Crippen molar-refractivity contribution in [1.29, 1.82) is 0 Å². The Labute approximate surface area is 122 Å². The molecule has 0 aliphatic carbocycles. The van der Waals surface area contributed by atoms with Crippen LogP contribution < -0.4 is 5.32 Å². The van der Waals surface area contributed by atoms with Crippen LogP contribution in [0.1, 0.15) is 15.9 Å². The maximum Gasteiger partial charge on any atom is 0.260 e. The lowest BCUT2D eigenvalue weighted by Crippen LogP contribution is -2.13. The molecule has 1 amide bonds. The monoisotopic (exact) mass is 278 g/mol. The quantitative estimate of drug-likeness (QED) is 0.754. The lowest BCUT2D eigenvalue weighted by molar-refractivity contribution is 0.102. The van der Waals surface area contributed by atoms with Gasteiger partial charge in [-0.3, -0.25) is 4.79 Å². The molecule has 0 unspecified atom stereocenters. The van der Waals surface area contributed by atoms with Gasteiger partial charge in [0.1, 0.15) is 11.6 Å². The molecule has 1 aromatic heterocycles. The number of hydrogen-bond donors (Lipinski definition) is 2. The highest BCUT2D eigenvalue weighted by atomic mass is 16.3. The van der Waals surface area contributed by atoms with Gasteiger partial charge in [0.15, 0.2) is 0 Å². The van der Waals surface area contributed by atoms with Crippen LogP contribution in [0.5, 0.6) is 5.75 Å². The Hall–Kier alpha value is -2.88. The van der Waals surface area contributed by atoms with E-state index in [0.29, 0.717) is 11.2 Å². The highest BCUT2D eigenvalue weighted by Gasteiger charge is 2.14. The Morgan fingerprint density at radius 3 is 2.76 bits per heavy atom. The highest BCUT2D eigenvalue weighted by Crippen LogP contribution is 2.28. The number of phenols is 1. The number of fused-ring (bicyclic) bond motifs is 1. The van der Waals surface area contributed by atoms with Gasteiger partial charge in [0.05, 0.1) is 5.56 Å². The average Bonchev–Trinajstić information content (AvgIpc) is 2.48. The summed E-state index contributed by atoms with van der Waals surface area (Å²) in [4.78, 5) is 16.4. The normalized spacial score (nSPS) is 10.5. The fourth-order valence-corrected chi connectivity index (χ4v) is 2.23. The predicted octanol–water partition coefficient (Wildman–Crippen LogP) is 3.50. The fourth-order valence-electron chi connectivity index (χ4n) is 2.23. The van der Waals surface area contributed by atoms with Crippen molar-refractivity contribution in [1.82, 2.24) is 4.98 Å². The first-order chi connectivity index (χ1) is 10.1. The molecule has 0 atom stereocenters. The number of aromatic hydroxyl groups is 1. The summed E-state index contributed by atoms with van der Waals surface area (Å²) in [6.07, 6.45) is 1.63. The minimum Gasteiger partial charge on any atom is -0.506 e. The van der Waals surface area contributed by atoms with Gasteiger partial charge in [0.2, 0.25) is 0 Å². The fraction of sp³-hybridized carbons (Fsp3) is 0.0588. The average molecular weight is 278 g/mol. The summed E-state index contributed by atoms with van der Waals surface area (Å²) in [6.45, 7) is 1.92. The van der Waals surface area contributed by atoms with Crippen LogP contribution in [0.3, 0.4) is 0 Å². The molecule has 3 rings (SSSR count). The van der Waals surface area contributed by atoms with Crippen LogP contribution in [-0.2, 0) is 0 Å². The Kier molecular flexibility index (Phi) is 3.28. The van der Waals surface area contributed by atoms with Crippen molar-refractivity contribution in [2.45, 2.75) is 6.92 Å². The molecule has 0 saturated carbocycles. The molecule has 0 saturated heterocycles. The molecule has 0 spiro atoms. The van der Waals surface area contributed by atoms with Crippen LogP contribution in [-0.4, -0.2) is 16.0 Å². The third-order valence-corrected chi connectivity index (χ3v) is 3.30. The molecule has 0 aliphatic heterocycles. The topological polar surface area (TPSA) is 62.2 Å². The van der Waals surface area contributed by atoms with Gasteiger partial charge in [0.25, 0.3) is 5.91 Å². The number of carbonyl (C=O) groups is 1. The van der Waals surface area contributed by atoms with E-state index in [-0.39, 0.29) is 17.2 Å². The molecule has 104 valence electrons. The maximum absolute atomic E-state index is 12.3. The first-order valence-corrected chi connectivity index (χ1v) is 6.60. The van der Waals surface area contributed by atoms with Crippen LogP contribution in [0.15, 0.2) is 54.7 Å². The molecule has 2 aromatic carbocycles. The van der Waals surface area contributed by atoms with Gasteiger partial charge in [-0.1, -0.05) is 30.3 Å². The number of rotatable bonds is 2. The maximum atomic E-state index is 12.3. The van der Waals surface area contributed by atoms with Crippen molar-refractivity contribution in [2.75, 3.05) is 5.32 Å². The molecule has 0 aliphatic rings. The van der Waals surface area contributed by atoms with E-state index >= 15 is 0 Å². The largest absolute Gasteiger partial charge is 0.506 e. The number of carbonyl (C=O) groups excluding carboxylic acids is 1. The van der Waals surface area contributed by atoms with E-state index in [2.05, 4.69) is 10.3 Å². The summed E-state index contributed by atoms with van der Waals surface area (Å²) < 4.78 is 0. The summed E-state index contributed by atoms with van der Waals surface area (Å²) in [5, 5.41) is 14.5. The zero-order chi connectivity index (χ0) is 14.8. The molecule has 0 fully saturated rings. The van der Waals surface area contributed by atoms with E-state index in [4.69, 9.17) is 0 Å². The molecule has 4 nitrogen and oxygen atoms in total. The van der Waals surface area contributed by atoms with Crippen LogP contribution in [0, 0.1) is 6.92 Å². The number of hydrogen-bond acceptors (Lipinski definition) is 3. The Morgan fingerprint density at radius 1 is 1.14 bits per heavy atom. The SMILES string of the molecule is Cc1ccnc(NC(=O)c2ccc3ccccc3c2O)c1. The minimum absolute atomic E-state index is 0.0155. The number of aromatic nitrogens is 1. The van der Waals surface area contributed by atoms with Gasteiger partial charge in [-0.2, -0.15) is 0 Å². The number of anilines is 1.